The third-order valence-corrected chi connectivity index (χ3v) is 7.84. The smallest absolute Gasteiger partial charge is 0.246 e. The number of carbonyl (C=O) groups excluding carboxylic acids is 1. The molecule has 0 aromatic heterocycles. The summed E-state index contributed by atoms with van der Waals surface area (Å²) in [5.41, 5.74) is 1.01. The Morgan fingerprint density at radius 2 is 1.69 bits per heavy atom. The lowest BCUT2D eigenvalue weighted by molar-refractivity contribution is -0.135. The molecule has 32 heavy (non-hydrogen) atoms. The zero-order chi connectivity index (χ0) is 22.9. The van der Waals surface area contributed by atoms with E-state index in [4.69, 9.17) is 0 Å². The zero-order valence-electron chi connectivity index (χ0n) is 17.7. The van der Waals surface area contributed by atoms with Gasteiger partial charge in [-0.15, -0.1) is 0 Å². The predicted octanol–water partition coefficient (Wildman–Crippen LogP) is 4.18. The van der Waals surface area contributed by atoms with E-state index in [-0.39, 0.29) is 24.9 Å². The van der Waals surface area contributed by atoms with Crippen LogP contribution in [0.15, 0.2) is 65.6 Å². The van der Waals surface area contributed by atoms with Crippen molar-refractivity contribution in [2.45, 2.75) is 24.3 Å². The van der Waals surface area contributed by atoms with Crippen LogP contribution in [0, 0.1) is 17.6 Å². The Morgan fingerprint density at radius 1 is 1.00 bits per heavy atom. The van der Waals surface area contributed by atoms with Gasteiger partial charge in [0.15, 0.2) is 0 Å². The maximum atomic E-state index is 14.0. The van der Waals surface area contributed by atoms with Crippen molar-refractivity contribution < 1.29 is 22.0 Å². The molecule has 1 amide bonds. The number of amides is 1. The first-order valence-corrected chi connectivity index (χ1v) is 11.9. The topological polar surface area (TPSA) is 57.7 Å². The van der Waals surface area contributed by atoms with Crippen LogP contribution in [0.2, 0.25) is 0 Å². The van der Waals surface area contributed by atoms with Gasteiger partial charge in [-0.3, -0.25) is 4.79 Å². The number of benzene rings is 3. The fraction of sp³-hybridized carbons (Fsp3) is 0.292. The van der Waals surface area contributed by atoms with Crippen LogP contribution in [-0.4, -0.2) is 43.7 Å². The van der Waals surface area contributed by atoms with E-state index in [0.717, 1.165) is 32.8 Å². The maximum absolute atomic E-state index is 14.0. The average molecular weight is 459 g/mol. The lowest BCUT2D eigenvalue weighted by Gasteiger charge is -2.32. The van der Waals surface area contributed by atoms with Crippen molar-refractivity contribution >= 4 is 26.7 Å². The fourth-order valence-corrected chi connectivity index (χ4v) is 5.70. The second-order valence-electron chi connectivity index (χ2n) is 8.13. The van der Waals surface area contributed by atoms with E-state index in [1.165, 1.54) is 0 Å². The standard InChI is InChI=1S/C24H24F2N2O3S/c1-27(16-17-6-7-18-4-2-3-5-20(18)14-17)24(29)19-10-12-28(13-11-19)32(30,31)23-15-21(25)8-9-22(23)26/h2-9,14-15,19H,10-13,16H2,1H3. The molecule has 0 radical (unpaired) electrons. The summed E-state index contributed by atoms with van der Waals surface area (Å²) < 4.78 is 54.1. The number of nitrogens with zero attached hydrogens (tertiary/aromatic N) is 2. The van der Waals surface area contributed by atoms with Gasteiger partial charge in [-0.25, -0.2) is 17.2 Å². The molecular weight excluding hydrogens is 434 g/mol. The van der Waals surface area contributed by atoms with Crippen LogP contribution in [0.25, 0.3) is 10.8 Å². The van der Waals surface area contributed by atoms with Crippen molar-refractivity contribution in [1.82, 2.24) is 9.21 Å². The van der Waals surface area contributed by atoms with E-state index >= 15 is 0 Å². The number of hydrogen-bond donors (Lipinski definition) is 0. The van der Waals surface area contributed by atoms with Crippen molar-refractivity contribution in [2.24, 2.45) is 5.92 Å². The molecule has 0 N–H and O–H groups in total. The summed E-state index contributed by atoms with van der Waals surface area (Å²) in [5, 5.41) is 2.24. The van der Waals surface area contributed by atoms with Crippen molar-refractivity contribution in [3.8, 4) is 0 Å². The first-order chi connectivity index (χ1) is 15.3. The number of piperidine rings is 1. The molecule has 0 bridgehead atoms. The molecule has 0 saturated carbocycles. The van der Waals surface area contributed by atoms with Gasteiger partial charge in [0, 0.05) is 32.6 Å². The van der Waals surface area contributed by atoms with Gasteiger partial charge < -0.3 is 4.90 Å². The van der Waals surface area contributed by atoms with Gasteiger partial charge in [-0.1, -0.05) is 36.4 Å². The molecule has 1 fully saturated rings. The summed E-state index contributed by atoms with van der Waals surface area (Å²) >= 11 is 0. The molecule has 0 atom stereocenters. The predicted molar refractivity (Wildman–Crippen MR) is 118 cm³/mol. The molecular formula is C24H24F2N2O3S. The number of hydrogen-bond acceptors (Lipinski definition) is 3. The molecule has 3 aromatic carbocycles. The highest BCUT2D eigenvalue weighted by Crippen LogP contribution is 2.27. The molecule has 5 nitrogen and oxygen atoms in total. The van der Waals surface area contributed by atoms with Crippen molar-refractivity contribution in [2.75, 3.05) is 20.1 Å². The average Bonchev–Trinajstić information content (AvgIpc) is 2.80. The highest BCUT2D eigenvalue weighted by molar-refractivity contribution is 7.89. The van der Waals surface area contributed by atoms with Gasteiger partial charge in [-0.2, -0.15) is 4.31 Å². The highest BCUT2D eigenvalue weighted by Gasteiger charge is 2.34. The van der Waals surface area contributed by atoms with E-state index < -0.39 is 26.6 Å². The molecule has 1 aliphatic heterocycles. The zero-order valence-corrected chi connectivity index (χ0v) is 18.5. The van der Waals surface area contributed by atoms with Crippen molar-refractivity contribution in [3.05, 3.63) is 77.9 Å². The van der Waals surface area contributed by atoms with Gasteiger partial charge in [0.25, 0.3) is 0 Å². The normalized spacial score (nSPS) is 15.7. The van der Waals surface area contributed by atoms with Gasteiger partial charge >= 0.3 is 0 Å². The van der Waals surface area contributed by atoms with Crippen LogP contribution in [0.4, 0.5) is 8.78 Å². The number of carbonyl (C=O) groups is 1. The van der Waals surface area contributed by atoms with Crippen LogP contribution < -0.4 is 0 Å². The van der Waals surface area contributed by atoms with Crippen molar-refractivity contribution in [3.63, 3.8) is 0 Å². The number of halogens is 2. The Balaban J connectivity index is 1.39. The summed E-state index contributed by atoms with van der Waals surface area (Å²) in [7, 11) is -2.42. The molecule has 3 aromatic rings. The SMILES string of the molecule is CN(Cc1ccc2ccccc2c1)C(=O)C1CCN(S(=O)(=O)c2cc(F)ccc2F)CC1. The second kappa shape index (κ2) is 8.96. The van der Waals surface area contributed by atoms with Gasteiger partial charge in [0.05, 0.1) is 0 Å². The van der Waals surface area contributed by atoms with Gasteiger partial charge in [0.2, 0.25) is 15.9 Å². The number of sulfonamides is 1. The summed E-state index contributed by atoms with van der Waals surface area (Å²) in [6.45, 7) is 0.619. The molecule has 168 valence electrons. The Hall–Kier alpha value is -2.84. The number of fused-ring (bicyclic) bond motifs is 1. The Kier molecular flexibility index (Phi) is 6.26. The molecule has 1 heterocycles. The van der Waals surface area contributed by atoms with Gasteiger partial charge in [-0.05, 0) is 53.4 Å². The Bertz CT molecular complexity index is 1260. The Morgan fingerprint density at radius 3 is 2.41 bits per heavy atom. The molecule has 1 aliphatic rings. The third kappa shape index (κ3) is 4.52. The van der Waals surface area contributed by atoms with E-state index in [0.29, 0.717) is 25.5 Å². The minimum Gasteiger partial charge on any atom is -0.341 e. The molecule has 0 unspecified atom stereocenters. The minimum atomic E-state index is -4.16. The first kappa shape index (κ1) is 22.4. The van der Waals surface area contributed by atoms with Crippen LogP contribution in [0.5, 0.6) is 0 Å². The number of rotatable bonds is 5. The van der Waals surface area contributed by atoms with Crippen LogP contribution in [-0.2, 0) is 21.4 Å². The van der Waals surface area contributed by atoms with E-state index in [1.54, 1.807) is 11.9 Å². The summed E-state index contributed by atoms with van der Waals surface area (Å²) in [6.07, 6.45) is 0.661. The minimum absolute atomic E-state index is 0.0489. The summed E-state index contributed by atoms with van der Waals surface area (Å²) in [5.74, 6) is -2.17. The fourth-order valence-electron chi connectivity index (χ4n) is 4.16. The molecule has 8 heteroatoms. The lowest BCUT2D eigenvalue weighted by Crippen LogP contribution is -2.43. The van der Waals surface area contributed by atoms with Crippen LogP contribution >= 0.6 is 0 Å². The summed E-state index contributed by atoms with van der Waals surface area (Å²) in [4.78, 5) is 13.9. The first-order valence-electron chi connectivity index (χ1n) is 10.4. The molecule has 0 spiro atoms. The Labute approximate surface area is 186 Å². The lowest BCUT2D eigenvalue weighted by atomic mass is 9.96. The largest absolute Gasteiger partial charge is 0.341 e. The second-order valence-corrected chi connectivity index (χ2v) is 10.0. The van der Waals surface area contributed by atoms with Crippen LogP contribution in [0.3, 0.4) is 0 Å². The van der Waals surface area contributed by atoms with E-state index in [9.17, 15) is 22.0 Å². The molecule has 4 rings (SSSR count). The van der Waals surface area contributed by atoms with Crippen LogP contribution in [0.1, 0.15) is 18.4 Å². The van der Waals surface area contributed by atoms with Crippen molar-refractivity contribution in [1.29, 1.82) is 0 Å². The van der Waals surface area contributed by atoms with Gasteiger partial charge in [0.1, 0.15) is 16.5 Å². The monoisotopic (exact) mass is 458 g/mol. The molecule has 1 saturated heterocycles. The highest BCUT2D eigenvalue weighted by atomic mass is 32.2. The maximum Gasteiger partial charge on any atom is 0.246 e. The third-order valence-electron chi connectivity index (χ3n) is 5.92. The van der Waals surface area contributed by atoms with E-state index in [2.05, 4.69) is 6.07 Å². The quantitative estimate of drug-likeness (QED) is 0.577. The molecule has 0 aliphatic carbocycles. The van der Waals surface area contributed by atoms with E-state index in [1.807, 2.05) is 36.4 Å². The summed E-state index contributed by atoms with van der Waals surface area (Å²) in [6, 6.07) is 16.5.